The number of benzene rings is 1. The van der Waals surface area contributed by atoms with Crippen molar-refractivity contribution in [1.82, 2.24) is 15.2 Å². The van der Waals surface area contributed by atoms with E-state index >= 15 is 0 Å². The monoisotopic (exact) mass is 327 g/mol. The van der Waals surface area contributed by atoms with E-state index in [2.05, 4.69) is 10.3 Å². The van der Waals surface area contributed by atoms with Crippen molar-refractivity contribution in [3.8, 4) is 0 Å². The second-order valence-corrected chi connectivity index (χ2v) is 6.29. The molecule has 1 saturated heterocycles. The average molecular weight is 328 g/mol. The van der Waals surface area contributed by atoms with E-state index in [4.69, 9.17) is 11.6 Å². The molecule has 1 N–H and O–H groups in total. The number of aromatic nitrogens is 1. The molecule has 0 bridgehead atoms. The van der Waals surface area contributed by atoms with Gasteiger partial charge in [0.15, 0.2) is 0 Å². The zero-order chi connectivity index (χ0) is 16.0. The molecule has 1 aliphatic carbocycles. The van der Waals surface area contributed by atoms with Crippen molar-refractivity contribution in [1.29, 1.82) is 0 Å². The Kier molecular flexibility index (Phi) is 3.13. The lowest BCUT2D eigenvalue weighted by Gasteiger charge is -2.22. The number of pyridine rings is 1. The van der Waals surface area contributed by atoms with Crippen molar-refractivity contribution in [3.63, 3.8) is 0 Å². The summed E-state index contributed by atoms with van der Waals surface area (Å²) in [4.78, 5) is 30.8. The molecule has 0 radical (unpaired) electrons. The summed E-state index contributed by atoms with van der Waals surface area (Å²) < 4.78 is 0. The molecular weight excluding hydrogens is 314 g/mol. The van der Waals surface area contributed by atoms with Gasteiger partial charge in [-0.2, -0.15) is 0 Å². The Bertz CT molecular complexity index is 809. The minimum Gasteiger partial charge on any atom is -0.319 e. The first-order valence-corrected chi connectivity index (χ1v) is 7.81. The van der Waals surface area contributed by atoms with Crippen LogP contribution in [-0.2, 0) is 23.3 Å². The molecular formula is C17H14ClN3O2. The van der Waals surface area contributed by atoms with Crippen LogP contribution in [-0.4, -0.2) is 21.8 Å². The molecule has 0 saturated carbocycles. The zero-order valence-electron chi connectivity index (χ0n) is 12.3. The van der Waals surface area contributed by atoms with Gasteiger partial charge in [0.2, 0.25) is 0 Å². The fourth-order valence-corrected chi connectivity index (χ4v) is 3.61. The third-order valence-electron chi connectivity index (χ3n) is 4.52. The number of hydrogen-bond donors (Lipinski definition) is 1. The predicted octanol–water partition coefficient (Wildman–Crippen LogP) is 2.63. The number of imide groups is 1. The summed E-state index contributed by atoms with van der Waals surface area (Å²) in [5.41, 5.74) is 1.60. The molecule has 1 aromatic carbocycles. The number of aryl methyl sites for hydroxylation is 1. The van der Waals surface area contributed by atoms with E-state index in [0.717, 1.165) is 17.5 Å². The minimum atomic E-state index is -0.953. The maximum atomic E-state index is 13.0. The van der Waals surface area contributed by atoms with Crippen LogP contribution in [0, 0.1) is 0 Å². The van der Waals surface area contributed by atoms with E-state index < -0.39 is 5.54 Å². The van der Waals surface area contributed by atoms with E-state index in [1.165, 1.54) is 4.90 Å². The van der Waals surface area contributed by atoms with Crippen LogP contribution in [0.15, 0.2) is 42.6 Å². The van der Waals surface area contributed by atoms with Gasteiger partial charge in [0.1, 0.15) is 5.54 Å². The summed E-state index contributed by atoms with van der Waals surface area (Å²) in [5.74, 6) is -0.214. The normalized spacial score (nSPS) is 22.6. The second-order valence-electron chi connectivity index (χ2n) is 5.85. The standard InChI is InChI=1S/C17H14ClN3O2/c18-12-4-5-14-11(9-12)6-7-17(14)15(22)21(16(23)20-17)10-13-3-1-2-8-19-13/h1-5,8-9H,6-7,10H2,(H,20,23)/t17-/m1/s1. The van der Waals surface area contributed by atoms with Crippen molar-refractivity contribution in [2.75, 3.05) is 0 Å². The summed E-state index contributed by atoms with van der Waals surface area (Å²) in [6.45, 7) is 0.177. The van der Waals surface area contributed by atoms with Gasteiger partial charge in [-0.15, -0.1) is 0 Å². The first-order chi connectivity index (χ1) is 11.1. The van der Waals surface area contributed by atoms with E-state index in [1.54, 1.807) is 24.4 Å². The van der Waals surface area contributed by atoms with Crippen LogP contribution in [0.25, 0.3) is 0 Å². The first kappa shape index (κ1) is 14.2. The Morgan fingerprint density at radius 3 is 2.91 bits per heavy atom. The van der Waals surface area contributed by atoms with Gasteiger partial charge in [0, 0.05) is 11.2 Å². The molecule has 2 aliphatic rings. The van der Waals surface area contributed by atoms with Crippen molar-refractivity contribution in [3.05, 3.63) is 64.4 Å². The van der Waals surface area contributed by atoms with Gasteiger partial charge in [-0.1, -0.05) is 23.7 Å². The summed E-state index contributed by atoms with van der Waals surface area (Å²) in [5, 5.41) is 3.53. The fourth-order valence-electron chi connectivity index (χ4n) is 3.42. The highest BCUT2D eigenvalue weighted by Crippen LogP contribution is 2.42. The molecule has 1 atom stereocenters. The Labute approximate surface area is 138 Å². The Morgan fingerprint density at radius 2 is 2.13 bits per heavy atom. The average Bonchev–Trinajstić information content (AvgIpc) is 3.02. The number of fused-ring (bicyclic) bond motifs is 2. The molecule has 1 aliphatic heterocycles. The fraction of sp³-hybridized carbons (Fsp3) is 0.235. The van der Waals surface area contributed by atoms with Gasteiger partial charge in [-0.25, -0.2) is 4.79 Å². The topological polar surface area (TPSA) is 62.3 Å². The van der Waals surface area contributed by atoms with Gasteiger partial charge in [-0.05, 0) is 48.2 Å². The molecule has 2 heterocycles. The van der Waals surface area contributed by atoms with Gasteiger partial charge < -0.3 is 5.32 Å². The highest BCUT2D eigenvalue weighted by molar-refractivity contribution is 6.30. The third kappa shape index (κ3) is 2.11. The second kappa shape index (κ2) is 5.06. The van der Waals surface area contributed by atoms with Crippen molar-refractivity contribution in [2.24, 2.45) is 0 Å². The SMILES string of the molecule is O=C1N[C@@]2(CCc3cc(Cl)ccc32)C(=O)N1Cc1ccccn1. The molecule has 3 amide bonds. The third-order valence-corrected chi connectivity index (χ3v) is 4.75. The van der Waals surface area contributed by atoms with Crippen LogP contribution in [0.4, 0.5) is 4.79 Å². The number of carbonyl (C=O) groups is 2. The lowest BCUT2D eigenvalue weighted by atomic mass is 9.92. The van der Waals surface area contributed by atoms with Crippen LogP contribution in [0.2, 0.25) is 5.02 Å². The minimum absolute atomic E-state index is 0.177. The largest absolute Gasteiger partial charge is 0.325 e. The highest BCUT2D eigenvalue weighted by Gasteiger charge is 2.55. The quantitative estimate of drug-likeness (QED) is 0.862. The summed E-state index contributed by atoms with van der Waals surface area (Å²) in [7, 11) is 0. The Hall–Kier alpha value is -2.40. The summed E-state index contributed by atoms with van der Waals surface area (Å²) in [6, 6.07) is 10.5. The number of amides is 3. The number of nitrogens with zero attached hydrogens (tertiary/aromatic N) is 2. The molecule has 23 heavy (non-hydrogen) atoms. The molecule has 0 unspecified atom stereocenters. The number of nitrogens with one attached hydrogen (secondary N) is 1. The lowest BCUT2D eigenvalue weighted by molar-refractivity contribution is -0.132. The van der Waals surface area contributed by atoms with Gasteiger partial charge in [0.25, 0.3) is 5.91 Å². The molecule has 6 heteroatoms. The maximum absolute atomic E-state index is 13.0. The number of halogens is 1. The van der Waals surface area contributed by atoms with Gasteiger partial charge in [0.05, 0.1) is 12.2 Å². The smallest absolute Gasteiger partial charge is 0.319 e. The summed E-state index contributed by atoms with van der Waals surface area (Å²) in [6.07, 6.45) is 2.93. The van der Waals surface area contributed by atoms with E-state index in [1.807, 2.05) is 18.2 Å². The molecule has 116 valence electrons. The van der Waals surface area contributed by atoms with Gasteiger partial charge in [-0.3, -0.25) is 14.7 Å². The highest BCUT2D eigenvalue weighted by atomic mass is 35.5. The maximum Gasteiger partial charge on any atom is 0.325 e. The van der Waals surface area contributed by atoms with Crippen LogP contribution in [0.1, 0.15) is 23.2 Å². The summed E-state index contributed by atoms with van der Waals surface area (Å²) >= 11 is 6.03. The van der Waals surface area contributed by atoms with Crippen LogP contribution >= 0.6 is 11.6 Å². The molecule has 2 aromatic rings. The van der Waals surface area contributed by atoms with E-state index in [9.17, 15) is 9.59 Å². The Morgan fingerprint density at radius 1 is 1.26 bits per heavy atom. The number of hydrogen-bond acceptors (Lipinski definition) is 3. The van der Waals surface area contributed by atoms with Gasteiger partial charge >= 0.3 is 6.03 Å². The van der Waals surface area contributed by atoms with Crippen molar-refractivity contribution in [2.45, 2.75) is 24.9 Å². The molecule has 1 fully saturated rings. The first-order valence-electron chi connectivity index (χ1n) is 7.43. The molecule has 4 rings (SSSR count). The van der Waals surface area contributed by atoms with Crippen molar-refractivity contribution >= 4 is 23.5 Å². The Balaban J connectivity index is 1.69. The van der Waals surface area contributed by atoms with E-state index in [0.29, 0.717) is 17.1 Å². The number of carbonyl (C=O) groups excluding carboxylic acids is 2. The van der Waals surface area contributed by atoms with Crippen LogP contribution in [0.5, 0.6) is 0 Å². The number of urea groups is 1. The lowest BCUT2D eigenvalue weighted by Crippen LogP contribution is -2.41. The molecule has 1 spiro atoms. The predicted molar refractivity (Wildman–Crippen MR) is 84.8 cm³/mol. The van der Waals surface area contributed by atoms with Crippen molar-refractivity contribution < 1.29 is 9.59 Å². The van der Waals surface area contributed by atoms with Crippen LogP contribution < -0.4 is 5.32 Å². The zero-order valence-corrected chi connectivity index (χ0v) is 13.0. The number of rotatable bonds is 2. The van der Waals surface area contributed by atoms with Crippen LogP contribution in [0.3, 0.4) is 0 Å². The molecule has 1 aromatic heterocycles. The molecule has 5 nitrogen and oxygen atoms in total. The van der Waals surface area contributed by atoms with E-state index in [-0.39, 0.29) is 18.5 Å².